The van der Waals surface area contributed by atoms with Gasteiger partial charge in [-0.3, -0.25) is 0 Å². The summed E-state index contributed by atoms with van der Waals surface area (Å²) in [5.74, 6) is 0.921. The fourth-order valence-corrected chi connectivity index (χ4v) is 2.79. The van der Waals surface area contributed by atoms with E-state index in [0.29, 0.717) is 0 Å². The molecule has 2 rings (SSSR count). The lowest BCUT2D eigenvalue weighted by molar-refractivity contribution is 0.173. The molecule has 1 unspecified atom stereocenters. The molecule has 0 aliphatic heterocycles. The van der Waals surface area contributed by atoms with Gasteiger partial charge in [-0.2, -0.15) is 0 Å². The van der Waals surface area contributed by atoms with Gasteiger partial charge in [0.25, 0.3) is 0 Å². The van der Waals surface area contributed by atoms with Crippen LogP contribution in [-0.4, -0.2) is 10.1 Å². The van der Waals surface area contributed by atoms with Crippen molar-refractivity contribution in [1.82, 2.24) is 4.98 Å². The van der Waals surface area contributed by atoms with Crippen molar-refractivity contribution < 1.29 is 5.11 Å². The minimum absolute atomic E-state index is 0.403. The third-order valence-electron chi connectivity index (χ3n) is 3.04. The quantitative estimate of drug-likeness (QED) is 0.832. The molecule has 1 N–H and O–H groups in total. The zero-order chi connectivity index (χ0) is 13.7. The van der Waals surface area contributed by atoms with Crippen molar-refractivity contribution in [2.45, 2.75) is 37.2 Å². The first-order valence-corrected chi connectivity index (χ1v) is 7.50. The van der Waals surface area contributed by atoms with Crippen LogP contribution in [0, 0.1) is 6.92 Å². The van der Waals surface area contributed by atoms with Gasteiger partial charge in [0.1, 0.15) is 0 Å². The fourth-order valence-electron chi connectivity index (χ4n) is 1.88. The molecule has 2 nitrogen and oxygen atoms in total. The number of aryl methyl sites for hydroxylation is 1. The Morgan fingerprint density at radius 2 is 2.00 bits per heavy atom. The van der Waals surface area contributed by atoms with Crippen LogP contribution in [0.2, 0.25) is 0 Å². The molecule has 0 radical (unpaired) electrons. The Bertz CT molecular complexity index is 528. The number of hydrogen-bond donors (Lipinski definition) is 1. The van der Waals surface area contributed by atoms with E-state index in [1.807, 2.05) is 26.0 Å². The van der Waals surface area contributed by atoms with Crippen molar-refractivity contribution >= 4 is 11.8 Å². The van der Waals surface area contributed by atoms with Crippen molar-refractivity contribution in [3.63, 3.8) is 0 Å². The van der Waals surface area contributed by atoms with E-state index in [0.717, 1.165) is 28.3 Å². The second-order valence-electron chi connectivity index (χ2n) is 4.59. The van der Waals surface area contributed by atoms with Gasteiger partial charge in [-0.25, -0.2) is 4.98 Å². The summed E-state index contributed by atoms with van der Waals surface area (Å²) in [5, 5.41) is 10.8. The monoisotopic (exact) mass is 273 g/mol. The number of pyridine rings is 1. The molecular formula is C16H19NOS. The summed E-state index contributed by atoms with van der Waals surface area (Å²) in [6.07, 6.45) is 2.10. The molecule has 0 aliphatic rings. The zero-order valence-corrected chi connectivity index (χ0v) is 12.2. The number of hydrogen-bond acceptors (Lipinski definition) is 3. The third kappa shape index (κ3) is 3.82. The van der Waals surface area contributed by atoms with E-state index >= 15 is 0 Å². The van der Waals surface area contributed by atoms with Gasteiger partial charge < -0.3 is 5.11 Å². The van der Waals surface area contributed by atoms with Crippen LogP contribution in [0.15, 0.2) is 47.6 Å². The van der Waals surface area contributed by atoms with Crippen molar-refractivity contribution in [3.8, 4) is 0 Å². The van der Waals surface area contributed by atoms with E-state index < -0.39 is 6.10 Å². The van der Waals surface area contributed by atoms with Gasteiger partial charge in [-0.05, 0) is 36.1 Å². The first-order valence-electron chi connectivity index (χ1n) is 6.52. The zero-order valence-electron chi connectivity index (χ0n) is 11.3. The van der Waals surface area contributed by atoms with Gasteiger partial charge in [0, 0.05) is 11.9 Å². The van der Waals surface area contributed by atoms with Crippen molar-refractivity contribution in [2.24, 2.45) is 0 Å². The average Bonchev–Trinajstić information content (AvgIpc) is 2.46. The topological polar surface area (TPSA) is 33.1 Å². The Balaban J connectivity index is 2.05. The van der Waals surface area contributed by atoms with Gasteiger partial charge in [-0.15, -0.1) is 11.8 Å². The number of aliphatic hydroxyl groups excluding tert-OH is 1. The largest absolute Gasteiger partial charge is 0.388 e. The van der Waals surface area contributed by atoms with Crippen molar-refractivity contribution in [2.75, 3.05) is 0 Å². The van der Waals surface area contributed by atoms with E-state index in [2.05, 4.69) is 29.2 Å². The summed E-state index contributed by atoms with van der Waals surface area (Å²) in [4.78, 5) is 4.47. The Morgan fingerprint density at radius 1 is 1.26 bits per heavy atom. The number of thioether (sulfide) groups is 1. The fraction of sp³-hybridized carbons (Fsp3) is 0.312. The number of benzene rings is 1. The first kappa shape index (κ1) is 14.1. The van der Waals surface area contributed by atoms with Gasteiger partial charge in [0.2, 0.25) is 0 Å². The minimum atomic E-state index is -0.403. The van der Waals surface area contributed by atoms with Gasteiger partial charge in [-0.1, -0.05) is 37.3 Å². The molecule has 19 heavy (non-hydrogen) atoms. The number of aliphatic hydroxyl groups is 1. The predicted molar refractivity (Wildman–Crippen MR) is 80.2 cm³/mol. The summed E-state index contributed by atoms with van der Waals surface area (Å²) < 4.78 is 0. The van der Waals surface area contributed by atoms with E-state index in [1.54, 1.807) is 18.0 Å². The number of rotatable bonds is 5. The smallest absolute Gasteiger partial charge is 0.0992 e. The highest BCUT2D eigenvalue weighted by Crippen LogP contribution is 2.26. The molecule has 1 aromatic carbocycles. The molecule has 0 saturated carbocycles. The third-order valence-corrected chi connectivity index (χ3v) is 4.22. The van der Waals surface area contributed by atoms with Crippen molar-refractivity contribution in [3.05, 3.63) is 59.3 Å². The molecule has 2 aromatic rings. The maximum Gasteiger partial charge on any atom is 0.0992 e. The lowest BCUT2D eigenvalue weighted by Crippen LogP contribution is -1.98. The van der Waals surface area contributed by atoms with E-state index in [9.17, 15) is 5.11 Å². The van der Waals surface area contributed by atoms with E-state index in [-0.39, 0.29) is 0 Å². The molecule has 1 heterocycles. The Kier molecular flexibility index (Phi) is 5.00. The number of nitrogens with zero attached hydrogens (tertiary/aromatic N) is 1. The van der Waals surface area contributed by atoms with Gasteiger partial charge >= 0.3 is 0 Å². The van der Waals surface area contributed by atoms with Crippen LogP contribution in [0.3, 0.4) is 0 Å². The van der Waals surface area contributed by atoms with Crippen LogP contribution < -0.4 is 0 Å². The molecule has 100 valence electrons. The summed E-state index contributed by atoms with van der Waals surface area (Å²) >= 11 is 1.74. The Labute approximate surface area is 118 Å². The molecule has 0 aliphatic carbocycles. The van der Waals surface area contributed by atoms with Crippen LogP contribution in [-0.2, 0) is 5.75 Å². The average molecular weight is 273 g/mol. The van der Waals surface area contributed by atoms with Crippen molar-refractivity contribution in [1.29, 1.82) is 0 Å². The molecule has 0 bridgehead atoms. The molecule has 0 spiro atoms. The Morgan fingerprint density at radius 3 is 2.63 bits per heavy atom. The molecular weight excluding hydrogens is 254 g/mol. The maximum atomic E-state index is 9.81. The van der Waals surface area contributed by atoms with Crippen LogP contribution in [0.25, 0.3) is 0 Å². The predicted octanol–water partition coefficient (Wildman–Crippen LogP) is 4.13. The number of aromatic nitrogens is 1. The summed E-state index contributed by atoms with van der Waals surface area (Å²) in [6.45, 7) is 4.02. The maximum absolute atomic E-state index is 9.81. The second-order valence-corrected chi connectivity index (χ2v) is 5.55. The highest BCUT2D eigenvalue weighted by Gasteiger charge is 2.08. The first-order chi connectivity index (χ1) is 9.20. The van der Waals surface area contributed by atoms with Crippen LogP contribution in [0.1, 0.15) is 36.1 Å². The normalized spacial score (nSPS) is 12.4. The molecule has 0 amide bonds. The summed E-state index contributed by atoms with van der Waals surface area (Å²) in [5.41, 5.74) is 3.33. The van der Waals surface area contributed by atoms with Crippen LogP contribution in [0.4, 0.5) is 0 Å². The second kappa shape index (κ2) is 6.73. The lowest BCUT2D eigenvalue weighted by atomic mass is 10.1. The highest BCUT2D eigenvalue weighted by molar-refractivity contribution is 7.98. The molecule has 1 atom stereocenters. The van der Waals surface area contributed by atoms with Crippen LogP contribution >= 0.6 is 11.8 Å². The minimum Gasteiger partial charge on any atom is -0.388 e. The van der Waals surface area contributed by atoms with Crippen LogP contribution in [0.5, 0.6) is 0 Å². The lowest BCUT2D eigenvalue weighted by Gasteiger charge is -2.11. The summed E-state index contributed by atoms with van der Waals surface area (Å²) in [7, 11) is 0. The molecule has 0 saturated heterocycles. The molecule has 1 aromatic heterocycles. The molecule has 3 heteroatoms. The van der Waals surface area contributed by atoms with Gasteiger partial charge in [0.05, 0.1) is 11.1 Å². The van der Waals surface area contributed by atoms with E-state index in [1.165, 1.54) is 5.56 Å². The van der Waals surface area contributed by atoms with E-state index in [4.69, 9.17) is 0 Å². The summed E-state index contributed by atoms with van der Waals surface area (Å²) in [6, 6.07) is 12.4. The standard InChI is InChI=1S/C16H19NOS/c1-3-15(18)14-9-12(2)16(17-10-14)19-11-13-7-5-4-6-8-13/h4-10,15,18H,3,11H2,1-2H3. The Hall–Kier alpha value is -1.32. The SMILES string of the molecule is CCC(O)c1cnc(SCc2ccccc2)c(C)c1. The molecule has 0 fully saturated rings. The highest BCUT2D eigenvalue weighted by atomic mass is 32.2. The van der Waals surface area contributed by atoms with Gasteiger partial charge in [0.15, 0.2) is 0 Å².